The molecule has 184 valence electrons. The number of hydrogen-bond donors (Lipinski definition) is 2. The van der Waals surface area contributed by atoms with Gasteiger partial charge in [0.15, 0.2) is 0 Å². The number of aliphatic hydroxyl groups is 1. The molecule has 2 fully saturated rings. The van der Waals surface area contributed by atoms with Crippen molar-refractivity contribution in [3.63, 3.8) is 0 Å². The topological polar surface area (TPSA) is 67.8 Å². The van der Waals surface area contributed by atoms with Crippen molar-refractivity contribution in [2.45, 2.75) is 52.1 Å². The highest BCUT2D eigenvalue weighted by Crippen LogP contribution is 2.61. The summed E-state index contributed by atoms with van der Waals surface area (Å²) in [6, 6.07) is 8.20. The van der Waals surface area contributed by atoms with Crippen molar-refractivity contribution in [2.75, 3.05) is 26.8 Å². The van der Waals surface area contributed by atoms with Gasteiger partial charge in [0.25, 0.3) is 0 Å². The van der Waals surface area contributed by atoms with Crippen LogP contribution in [0.3, 0.4) is 0 Å². The van der Waals surface area contributed by atoms with E-state index >= 15 is 0 Å². The highest BCUT2D eigenvalue weighted by Gasteiger charge is 2.57. The van der Waals surface area contributed by atoms with Crippen molar-refractivity contribution in [1.82, 2.24) is 5.32 Å². The van der Waals surface area contributed by atoms with Crippen LogP contribution in [0.4, 0.5) is 0 Å². The zero-order valence-electron chi connectivity index (χ0n) is 20.8. The fraction of sp³-hybridized carbons (Fsp3) is 0.552. The normalized spacial score (nSPS) is 33.5. The minimum absolute atomic E-state index is 0.000542. The van der Waals surface area contributed by atoms with E-state index in [1.807, 2.05) is 24.3 Å². The third kappa shape index (κ3) is 4.73. The molecular weight excluding hydrogens is 426 g/mol. The third-order valence-electron chi connectivity index (χ3n) is 8.69. The van der Waals surface area contributed by atoms with Gasteiger partial charge in [-0.3, -0.25) is 0 Å². The zero-order valence-corrected chi connectivity index (χ0v) is 20.8. The number of carbonyl (C=O) groups excluding carboxylic acids is 1. The average molecular weight is 466 g/mol. The fourth-order valence-electron chi connectivity index (χ4n) is 6.61. The Bertz CT molecular complexity index is 965. The molecule has 0 aromatic heterocycles. The predicted octanol–water partition coefficient (Wildman–Crippen LogP) is 4.62. The second kappa shape index (κ2) is 10.1. The lowest BCUT2D eigenvalue weighted by molar-refractivity contribution is -0.135. The Kier molecular flexibility index (Phi) is 7.34. The summed E-state index contributed by atoms with van der Waals surface area (Å²) < 4.78 is 10.3. The molecule has 0 radical (unpaired) electrons. The maximum Gasteiger partial charge on any atom is 0.338 e. The smallest absolute Gasteiger partial charge is 0.338 e. The third-order valence-corrected chi connectivity index (χ3v) is 8.69. The molecule has 2 aliphatic carbocycles. The first kappa shape index (κ1) is 24.7. The van der Waals surface area contributed by atoms with Gasteiger partial charge in [0.1, 0.15) is 12.4 Å². The lowest BCUT2D eigenvalue weighted by Crippen LogP contribution is -2.59. The van der Waals surface area contributed by atoms with Crippen molar-refractivity contribution >= 4 is 5.97 Å². The molecule has 2 saturated carbocycles. The van der Waals surface area contributed by atoms with Crippen LogP contribution in [0.25, 0.3) is 0 Å². The number of fused-ring (bicyclic) bond motifs is 1. The Morgan fingerprint density at radius 3 is 2.71 bits per heavy atom. The number of allylic oxidation sites excluding steroid dienone is 2. The number of nitrogens with one attached hydrogen (secondary N) is 1. The Hall–Kier alpha value is -2.37. The van der Waals surface area contributed by atoms with Crippen LogP contribution in [-0.2, 0) is 16.0 Å². The van der Waals surface area contributed by atoms with E-state index in [0.717, 1.165) is 50.9 Å². The van der Waals surface area contributed by atoms with Gasteiger partial charge in [-0.05, 0) is 73.8 Å². The van der Waals surface area contributed by atoms with E-state index in [9.17, 15) is 9.90 Å². The van der Waals surface area contributed by atoms with E-state index in [0.29, 0.717) is 18.1 Å². The second-order valence-electron chi connectivity index (χ2n) is 10.7. The van der Waals surface area contributed by atoms with Gasteiger partial charge < -0.3 is 19.9 Å². The Labute approximate surface area is 203 Å². The standard InChI is InChI=1S/C29H39NO4/c1-20-5-12-25-28(2,24(20)11-8-22-15-18-34-27(22)32)16-13-26(31)29(25,3)19-30-17-14-21-6-9-23(33-4)10-7-21/h6-11,15,24-26,30-31H,1,5,12-14,16-19H2,2-4H3/b11-8+/t24-,25+,26-,28+,29+/m1/s1. The van der Waals surface area contributed by atoms with Gasteiger partial charge in [-0.2, -0.15) is 0 Å². The molecule has 3 aliphatic rings. The second-order valence-corrected chi connectivity index (χ2v) is 10.7. The van der Waals surface area contributed by atoms with Crippen LogP contribution in [0.15, 0.2) is 60.2 Å². The van der Waals surface area contributed by atoms with Gasteiger partial charge >= 0.3 is 5.97 Å². The maximum atomic E-state index is 11.9. The Morgan fingerprint density at radius 2 is 2.03 bits per heavy atom. The highest BCUT2D eigenvalue weighted by molar-refractivity contribution is 5.93. The molecule has 1 heterocycles. The summed E-state index contributed by atoms with van der Waals surface area (Å²) in [7, 11) is 1.68. The van der Waals surface area contributed by atoms with E-state index in [1.165, 1.54) is 11.1 Å². The van der Waals surface area contributed by atoms with Crippen molar-refractivity contribution in [2.24, 2.45) is 22.7 Å². The maximum absolute atomic E-state index is 11.9. The van der Waals surface area contributed by atoms with Crippen LogP contribution >= 0.6 is 0 Å². The lowest BCUT2D eigenvalue weighted by Gasteiger charge is -2.60. The first-order valence-electron chi connectivity index (χ1n) is 12.5. The Morgan fingerprint density at radius 1 is 1.26 bits per heavy atom. The van der Waals surface area contributed by atoms with Crippen LogP contribution in [0.2, 0.25) is 0 Å². The number of aliphatic hydroxyl groups excluding tert-OH is 1. The van der Waals surface area contributed by atoms with Crippen LogP contribution in [0.5, 0.6) is 5.75 Å². The van der Waals surface area contributed by atoms with Gasteiger partial charge in [0.2, 0.25) is 0 Å². The van der Waals surface area contributed by atoms with E-state index in [-0.39, 0.29) is 28.8 Å². The van der Waals surface area contributed by atoms with Gasteiger partial charge in [0, 0.05) is 17.9 Å². The van der Waals surface area contributed by atoms with E-state index in [1.54, 1.807) is 7.11 Å². The van der Waals surface area contributed by atoms with Gasteiger partial charge in [-0.15, -0.1) is 0 Å². The first-order valence-corrected chi connectivity index (χ1v) is 12.5. The number of ether oxygens (including phenoxy) is 2. The number of carbonyl (C=O) groups is 1. The summed E-state index contributed by atoms with van der Waals surface area (Å²) in [6.07, 6.45) is 10.3. The van der Waals surface area contributed by atoms with Gasteiger partial charge in [-0.25, -0.2) is 4.79 Å². The van der Waals surface area contributed by atoms with Gasteiger partial charge in [0.05, 0.1) is 18.8 Å². The quantitative estimate of drug-likeness (QED) is 0.333. The van der Waals surface area contributed by atoms with Crippen LogP contribution in [0.1, 0.15) is 45.1 Å². The van der Waals surface area contributed by atoms with E-state index < -0.39 is 0 Å². The molecule has 0 amide bonds. The number of methoxy groups -OCH3 is 1. The highest BCUT2D eigenvalue weighted by atomic mass is 16.5. The molecule has 2 N–H and O–H groups in total. The molecule has 0 unspecified atom stereocenters. The molecule has 1 aromatic carbocycles. The summed E-state index contributed by atoms with van der Waals surface area (Å²) in [5.41, 5.74) is 2.92. The number of esters is 1. The molecular formula is C29H39NO4. The van der Waals surface area contributed by atoms with Crippen LogP contribution < -0.4 is 10.1 Å². The molecule has 0 spiro atoms. The molecule has 34 heavy (non-hydrogen) atoms. The van der Waals surface area contributed by atoms with E-state index in [4.69, 9.17) is 9.47 Å². The molecule has 1 aliphatic heterocycles. The molecule has 4 rings (SSSR count). The van der Waals surface area contributed by atoms with Crippen LogP contribution in [0, 0.1) is 22.7 Å². The molecule has 5 atom stereocenters. The summed E-state index contributed by atoms with van der Waals surface area (Å²) in [4.78, 5) is 11.9. The van der Waals surface area contributed by atoms with Crippen molar-refractivity contribution < 1.29 is 19.4 Å². The largest absolute Gasteiger partial charge is 0.497 e. The lowest BCUT2D eigenvalue weighted by atomic mass is 9.46. The zero-order chi connectivity index (χ0) is 24.3. The summed E-state index contributed by atoms with van der Waals surface area (Å²) in [6.45, 7) is 11.0. The minimum Gasteiger partial charge on any atom is -0.497 e. The average Bonchev–Trinajstić information content (AvgIpc) is 3.24. The summed E-state index contributed by atoms with van der Waals surface area (Å²) >= 11 is 0. The summed E-state index contributed by atoms with van der Waals surface area (Å²) in [5, 5.41) is 14.8. The van der Waals surface area contributed by atoms with Crippen molar-refractivity contribution in [1.29, 1.82) is 0 Å². The number of cyclic esters (lactones) is 1. The first-order chi connectivity index (χ1) is 16.3. The molecule has 5 heteroatoms. The Balaban J connectivity index is 1.45. The predicted molar refractivity (Wildman–Crippen MR) is 135 cm³/mol. The number of benzene rings is 1. The molecule has 0 saturated heterocycles. The number of rotatable bonds is 8. The van der Waals surface area contributed by atoms with Crippen LogP contribution in [-0.4, -0.2) is 44.0 Å². The summed E-state index contributed by atoms with van der Waals surface area (Å²) in [5.74, 6) is 1.18. The van der Waals surface area contributed by atoms with Crippen molar-refractivity contribution in [3.8, 4) is 5.75 Å². The molecule has 1 aromatic rings. The fourth-order valence-corrected chi connectivity index (χ4v) is 6.61. The number of hydrogen-bond acceptors (Lipinski definition) is 5. The monoisotopic (exact) mass is 465 g/mol. The molecule has 0 bridgehead atoms. The molecule has 5 nitrogen and oxygen atoms in total. The van der Waals surface area contributed by atoms with Gasteiger partial charge in [-0.1, -0.05) is 50.3 Å². The minimum atomic E-state index is -0.331. The van der Waals surface area contributed by atoms with E-state index in [2.05, 4.69) is 44.0 Å². The SMILES string of the molecule is C=C1CC[C@@H]2[C@](C)(CNCCc3ccc(OC)cc3)[C@H](O)CC[C@@]2(C)[C@@H]1/C=C/C1=CCOC1=O. The van der Waals surface area contributed by atoms with Crippen molar-refractivity contribution in [3.05, 3.63) is 65.8 Å².